The maximum absolute atomic E-state index is 13.2. The Hall–Kier alpha value is -1.60. The zero-order chi connectivity index (χ0) is 16.3. The molecule has 1 aliphatic heterocycles. The molecule has 122 valence electrons. The molecule has 0 spiro atoms. The molecule has 7 heteroatoms. The molecule has 0 radical (unpaired) electrons. The van der Waals surface area contributed by atoms with Gasteiger partial charge in [0.2, 0.25) is 0 Å². The third-order valence-electron chi connectivity index (χ3n) is 3.83. The molecule has 1 aromatic carbocycles. The molecule has 1 aromatic rings. The number of hydrogen-bond donors (Lipinski definition) is 0. The highest BCUT2D eigenvalue weighted by molar-refractivity contribution is 5.89. The van der Waals surface area contributed by atoms with Gasteiger partial charge in [-0.15, -0.1) is 0 Å². The van der Waals surface area contributed by atoms with E-state index in [0.717, 1.165) is 39.4 Å². The number of carbonyl (C=O) groups excluding carboxylic acids is 1. The van der Waals surface area contributed by atoms with Gasteiger partial charge in [-0.05, 0) is 24.7 Å². The molecule has 0 amide bonds. The Morgan fingerprint density at radius 1 is 1.23 bits per heavy atom. The van der Waals surface area contributed by atoms with Crippen LogP contribution < -0.4 is 0 Å². The minimum atomic E-state index is -4.49. The molecule has 0 aliphatic carbocycles. The normalized spacial score (nSPS) is 17.5. The van der Waals surface area contributed by atoms with E-state index in [1.54, 1.807) is 0 Å². The van der Waals surface area contributed by atoms with Crippen LogP contribution in [0.25, 0.3) is 0 Å². The lowest BCUT2D eigenvalue weighted by Crippen LogP contribution is -2.44. The van der Waals surface area contributed by atoms with Gasteiger partial charge in [-0.1, -0.05) is 6.07 Å². The van der Waals surface area contributed by atoms with Crippen molar-refractivity contribution >= 4 is 5.97 Å². The van der Waals surface area contributed by atoms with Crippen molar-refractivity contribution in [2.24, 2.45) is 0 Å². The molecule has 0 N–H and O–H groups in total. The summed E-state index contributed by atoms with van der Waals surface area (Å²) in [6, 6.07) is 3.62. The van der Waals surface area contributed by atoms with Crippen LogP contribution in [0, 0.1) is 0 Å². The Bertz CT molecular complexity index is 538. The van der Waals surface area contributed by atoms with E-state index < -0.39 is 17.7 Å². The van der Waals surface area contributed by atoms with Crippen LogP contribution in [0.2, 0.25) is 0 Å². The maximum Gasteiger partial charge on any atom is 0.416 e. The van der Waals surface area contributed by atoms with E-state index in [0.29, 0.717) is 0 Å². The van der Waals surface area contributed by atoms with E-state index in [4.69, 9.17) is 0 Å². The largest absolute Gasteiger partial charge is 0.465 e. The minimum absolute atomic E-state index is 0.0862. The molecule has 4 nitrogen and oxygen atoms in total. The van der Waals surface area contributed by atoms with Crippen molar-refractivity contribution in [2.75, 3.05) is 40.3 Å². The standard InChI is InChI=1S/C15H19F3N2O2/c1-19-5-7-20(8-6-19)10-12-4-3-11(14(21)22-2)9-13(12)15(16,17)18/h3-4,9H,5-8,10H2,1-2H3. The molecule has 0 atom stereocenters. The number of hydrogen-bond acceptors (Lipinski definition) is 4. The maximum atomic E-state index is 13.2. The predicted molar refractivity (Wildman–Crippen MR) is 75.6 cm³/mol. The Morgan fingerprint density at radius 2 is 1.86 bits per heavy atom. The number of benzene rings is 1. The third-order valence-corrected chi connectivity index (χ3v) is 3.83. The van der Waals surface area contributed by atoms with Gasteiger partial charge in [0.05, 0.1) is 18.2 Å². The number of carbonyl (C=O) groups is 1. The van der Waals surface area contributed by atoms with Crippen LogP contribution in [-0.4, -0.2) is 56.1 Å². The molecule has 1 fully saturated rings. The van der Waals surface area contributed by atoms with Crippen LogP contribution in [0.3, 0.4) is 0 Å². The third kappa shape index (κ3) is 3.98. The number of ether oxygens (including phenoxy) is 1. The summed E-state index contributed by atoms with van der Waals surface area (Å²) in [5.74, 6) is -0.767. The molecule has 1 saturated heterocycles. The highest BCUT2D eigenvalue weighted by atomic mass is 19.4. The quantitative estimate of drug-likeness (QED) is 0.801. The molecular formula is C15H19F3N2O2. The van der Waals surface area contributed by atoms with Gasteiger partial charge in [-0.3, -0.25) is 4.90 Å². The summed E-state index contributed by atoms with van der Waals surface area (Å²) in [5.41, 5.74) is -0.670. The van der Waals surface area contributed by atoms with Gasteiger partial charge in [0.25, 0.3) is 0 Å². The SMILES string of the molecule is COC(=O)c1ccc(CN2CCN(C)CC2)c(C(F)(F)F)c1. The van der Waals surface area contributed by atoms with E-state index in [1.165, 1.54) is 12.1 Å². The summed E-state index contributed by atoms with van der Waals surface area (Å²) in [6.07, 6.45) is -4.49. The predicted octanol–water partition coefficient (Wildman–Crippen LogP) is 2.24. The number of halogens is 3. The summed E-state index contributed by atoms with van der Waals surface area (Å²) in [6.45, 7) is 3.35. The van der Waals surface area contributed by atoms with Gasteiger partial charge in [-0.2, -0.15) is 13.2 Å². The van der Waals surface area contributed by atoms with Crippen LogP contribution in [0.5, 0.6) is 0 Å². The second-order valence-electron chi connectivity index (χ2n) is 5.44. The van der Waals surface area contributed by atoms with Crippen molar-refractivity contribution in [1.29, 1.82) is 0 Å². The van der Waals surface area contributed by atoms with Crippen LogP contribution in [-0.2, 0) is 17.5 Å². The van der Waals surface area contributed by atoms with E-state index in [1.807, 2.05) is 11.9 Å². The van der Waals surface area contributed by atoms with Crippen LogP contribution >= 0.6 is 0 Å². The lowest BCUT2D eigenvalue weighted by molar-refractivity contribution is -0.138. The Balaban J connectivity index is 2.24. The highest BCUT2D eigenvalue weighted by Crippen LogP contribution is 2.33. The first kappa shape index (κ1) is 16.8. The topological polar surface area (TPSA) is 32.8 Å². The lowest BCUT2D eigenvalue weighted by Gasteiger charge is -2.32. The Kier molecular flexibility index (Phi) is 5.08. The lowest BCUT2D eigenvalue weighted by atomic mass is 10.0. The molecular weight excluding hydrogens is 297 g/mol. The van der Waals surface area contributed by atoms with Gasteiger partial charge in [0.15, 0.2) is 0 Å². The summed E-state index contributed by atoms with van der Waals surface area (Å²) < 4.78 is 44.2. The van der Waals surface area contributed by atoms with Gasteiger partial charge < -0.3 is 9.64 Å². The first-order chi connectivity index (χ1) is 10.3. The fraction of sp³-hybridized carbons (Fsp3) is 0.533. The highest BCUT2D eigenvalue weighted by Gasteiger charge is 2.34. The first-order valence-electron chi connectivity index (χ1n) is 7.00. The molecule has 0 bridgehead atoms. The van der Waals surface area contributed by atoms with Gasteiger partial charge >= 0.3 is 12.1 Å². The molecule has 2 rings (SSSR count). The van der Waals surface area contributed by atoms with Crippen molar-refractivity contribution in [3.05, 3.63) is 34.9 Å². The van der Waals surface area contributed by atoms with E-state index >= 15 is 0 Å². The second-order valence-corrected chi connectivity index (χ2v) is 5.44. The van der Waals surface area contributed by atoms with Crippen LogP contribution in [0.4, 0.5) is 13.2 Å². The van der Waals surface area contributed by atoms with Crippen molar-refractivity contribution in [3.63, 3.8) is 0 Å². The number of piperazine rings is 1. The molecule has 0 unspecified atom stereocenters. The van der Waals surface area contributed by atoms with Crippen LogP contribution in [0.15, 0.2) is 18.2 Å². The Morgan fingerprint density at radius 3 is 2.41 bits per heavy atom. The van der Waals surface area contributed by atoms with Crippen molar-refractivity contribution in [3.8, 4) is 0 Å². The number of nitrogens with zero attached hydrogens (tertiary/aromatic N) is 2. The van der Waals surface area contributed by atoms with Gasteiger partial charge in [-0.25, -0.2) is 4.79 Å². The number of methoxy groups -OCH3 is 1. The fourth-order valence-electron chi connectivity index (χ4n) is 2.47. The number of esters is 1. The molecule has 0 aromatic heterocycles. The van der Waals surface area contributed by atoms with Gasteiger partial charge in [0.1, 0.15) is 0 Å². The van der Waals surface area contributed by atoms with Crippen molar-refractivity contribution in [2.45, 2.75) is 12.7 Å². The summed E-state index contributed by atoms with van der Waals surface area (Å²) in [4.78, 5) is 15.6. The average molecular weight is 316 g/mol. The molecule has 0 saturated carbocycles. The zero-order valence-corrected chi connectivity index (χ0v) is 12.6. The number of likely N-dealkylation sites (N-methyl/N-ethyl adjacent to an activating group) is 1. The molecule has 22 heavy (non-hydrogen) atoms. The van der Waals surface area contributed by atoms with Gasteiger partial charge in [0, 0.05) is 32.7 Å². The monoisotopic (exact) mass is 316 g/mol. The molecule has 1 aliphatic rings. The Labute approximate surface area is 127 Å². The van der Waals surface area contributed by atoms with E-state index in [2.05, 4.69) is 9.64 Å². The second kappa shape index (κ2) is 6.66. The average Bonchev–Trinajstić information content (AvgIpc) is 2.48. The first-order valence-corrected chi connectivity index (χ1v) is 7.00. The number of rotatable bonds is 3. The van der Waals surface area contributed by atoms with E-state index in [9.17, 15) is 18.0 Å². The van der Waals surface area contributed by atoms with Crippen molar-refractivity contribution < 1.29 is 22.7 Å². The fourth-order valence-corrected chi connectivity index (χ4v) is 2.47. The summed E-state index contributed by atoms with van der Waals surface area (Å²) in [7, 11) is 3.14. The smallest absolute Gasteiger partial charge is 0.416 e. The molecule has 1 heterocycles. The summed E-state index contributed by atoms with van der Waals surface area (Å²) in [5, 5.41) is 0. The van der Waals surface area contributed by atoms with Crippen molar-refractivity contribution in [1.82, 2.24) is 9.80 Å². The minimum Gasteiger partial charge on any atom is -0.465 e. The number of alkyl halides is 3. The van der Waals surface area contributed by atoms with Crippen LogP contribution in [0.1, 0.15) is 21.5 Å². The summed E-state index contributed by atoms with van der Waals surface area (Å²) >= 11 is 0. The van der Waals surface area contributed by atoms with E-state index in [-0.39, 0.29) is 17.7 Å². The zero-order valence-electron chi connectivity index (χ0n) is 12.6.